The van der Waals surface area contributed by atoms with Gasteiger partial charge in [0.25, 0.3) is 0 Å². The summed E-state index contributed by atoms with van der Waals surface area (Å²) >= 11 is 0. The minimum absolute atomic E-state index is 0.150. The molecule has 5 nitrogen and oxygen atoms in total. The lowest BCUT2D eigenvalue weighted by atomic mass is 9.72. The number of carbonyl (C=O) groups is 1. The van der Waals surface area contributed by atoms with Crippen LogP contribution in [0.15, 0.2) is 42.5 Å². The van der Waals surface area contributed by atoms with E-state index < -0.39 is 5.60 Å². The van der Waals surface area contributed by atoms with Gasteiger partial charge in [-0.3, -0.25) is 0 Å². The van der Waals surface area contributed by atoms with Gasteiger partial charge in [-0.15, -0.1) is 0 Å². The fraction of sp³-hybridized carbons (Fsp3) is 0.517. The van der Waals surface area contributed by atoms with Gasteiger partial charge in [0.05, 0.1) is 5.60 Å². The van der Waals surface area contributed by atoms with Crippen LogP contribution < -0.4 is 11.1 Å². The third-order valence-corrected chi connectivity index (χ3v) is 7.32. The van der Waals surface area contributed by atoms with E-state index in [4.69, 9.17) is 5.73 Å². The van der Waals surface area contributed by atoms with E-state index in [2.05, 4.69) is 19.2 Å². The molecule has 4 N–H and O–H groups in total. The van der Waals surface area contributed by atoms with E-state index in [1.165, 1.54) is 6.07 Å². The Kier molecular flexibility index (Phi) is 8.94. The van der Waals surface area contributed by atoms with Crippen LogP contribution in [0.25, 0.3) is 11.1 Å². The molecule has 0 spiro atoms. The van der Waals surface area contributed by atoms with E-state index >= 15 is 4.39 Å². The average molecular weight is 483 g/mol. The van der Waals surface area contributed by atoms with Gasteiger partial charge < -0.3 is 21.1 Å². The maximum absolute atomic E-state index is 15.3. The molecule has 2 amide bonds. The van der Waals surface area contributed by atoms with Crippen molar-refractivity contribution in [3.63, 3.8) is 0 Å². The second kappa shape index (κ2) is 11.5. The van der Waals surface area contributed by atoms with Gasteiger partial charge in [0.2, 0.25) is 0 Å². The number of hydrogen-bond donors (Lipinski definition) is 3. The fourth-order valence-electron chi connectivity index (χ4n) is 5.00. The summed E-state index contributed by atoms with van der Waals surface area (Å²) < 4.78 is 15.3. The molecule has 3 rings (SSSR count). The van der Waals surface area contributed by atoms with Crippen molar-refractivity contribution in [2.45, 2.75) is 58.5 Å². The van der Waals surface area contributed by atoms with Gasteiger partial charge in [0, 0.05) is 31.1 Å². The molecule has 2 aromatic rings. The normalized spacial score (nSPS) is 18.3. The van der Waals surface area contributed by atoms with Crippen LogP contribution in [-0.4, -0.2) is 42.2 Å². The number of halogens is 1. The number of likely N-dealkylation sites (tertiary alicyclic amines) is 1. The Hall–Kier alpha value is -2.44. The van der Waals surface area contributed by atoms with Crippen LogP contribution in [0.5, 0.6) is 0 Å². The first-order valence-electron chi connectivity index (χ1n) is 12.8. The van der Waals surface area contributed by atoms with E-state index in [1.54, 1.807) is 11.0 Å². The molecule has 2 unspecified atom stereocenters. The summed E-state index contributed by atoms with van der Waals surface area (Å²) in [4.78, 5) is 14.7. The van der Waals surface area contributed by atoms with Crippen molar-refractivity contribution in [2.24, 2.45) is 17.1 Å². The zero-order valence-electron chi connectivity index (χ0n) is 21.4. The zero-order valence-corrected chi connectivity index (χ0v) is 21.4. The number of benzene rings is 2. The molecule has 0 aromatic heterocycles. The molecule has 2 atom stereocenters. The largest absolute Gasteiger partial charge is 0.385 e. The van der Waals surface area contributed by atoms with Crippen molar-refractivity contribution in [1.82, 2.24) is 10.2 Å². The van der Waals surface area contributed by atoms with Crippen LogP contribution in [0.3, 0.4) is 0 Å². The lowest BCUT2D eigenvalue weighted by Gasteiger charge is -2.43. The van der Waals surface area contributed by atoms with E-state index in [-0.39, 0.29) is 23.2 Å². The smallest absolute Gasteiger partial charge is 0.317 e. The summed E-state index contributed by atoms with van der Waals surface area (Å²) in [5, 5.41) is 15.2. The van der Waals surface area contributed by atoms with Gasteiger partial charge in [-0.25, -0.2) is 9.18 Å². The lowest BCUT2D eigenvalue weighted by Crippen LogP contribution is -2.52. The van der Waals surface area contributed by atoms with Crippen molar-refractivity contribution >= 4 is 6.03 Å². The van der Waals surface area contributed by atoms with E-state index in [0.717, 1.165) is 30.4 Å². The Bertz CT molecular complexity index is 1010. The summed E-state index contributed by atoms with van der Waals surface area (Å²) in [7, 11) is 0. The molecule has 1 saturated heterocycles. The zero-order chi connectivity index (χ0) is 25.6. The van der Waals surface area contributed by atoms with Gasteiger partial charge >= 0.3 is 6.03 Å². The Morgan fingerprint density at radius 1 is 1.29 bits per heavy atom. The van der Waals surface area contributed by atoms with E-state index in [0.29, 0.717) is 50.1 Å². The Labute approximate surface area is 209 Å². The topological polar surface area (TPSA) is 78.6 Å². The van der Waals surface area contributed by atoms with Crippen molar-refractivity contribution in [2.75, 3.05) is 26.2 Å². The molecule has 1 heterocycles. The van der Waals surface area contributed by atoms with Gasteiger partial charge in [0.1, 0.15) is 5.82 Å². The monoisotopic (exact) mass is 482 g/mol. The Morgan fingerprint density at radius 3 is 2.71 bits per heavy atom. The molecule has 1 fully saturated rings. The molecule has 6 heteroatoms. The maximum atomic E-state index is 15.3. The van der Waals surface area contributed by atoms with Gasteiger partial charge in [-0.2, -0.15) is 0 Å². The molecule has 191 valence electrons. The van der Waals surface area contributed by atoms with Crippen LogP contribution in [-0.2, 0) is 12.0 Å². The van der Waals surface area contributed by atoms with Crippen molar-refractivity contribution in [3.8, 4) is 11.1 Å². The maximum Gasteiger partial charge on any atom is 0.317 e. The second-order valence-corrected chi connectivity index (χ2v) is 10.6. The molecule has 1 aliphatic heterocycles. The first-order valence-corrected chi connectivity index (χ1v) is 12.8. The van der Waals surface area contributed by atoms with Gasteiger partial charge in [0.15, 0.2) is 0 Å². The SMILES string of the molecule is [CH2]CCC(O)(c1cccc(F)c1-c1cccc(CC)c1)C1CCCN(C(=O)NCC(C)(C)CN)C1. The molecule has 1 aliphatic rings. The Morgan fingerprint density at radius 2 is 2.03 bits per heavy atom. The van der Waals surface area contributed by atoms with Crippen LogP contribution in [0.4, 0.5) is 9.18 Å². The van der Waals surface area contributed by atoms with Crippen LogP contribution >= 0.6 is 0 Å². The third kappa shape index (κ3) is 6.22. The quantitative estimate of drug-likeness (QED) is 0.456. The summed E-state index contributed by atoms with van der Waals surface area (Å²) in [5.41, 5.74) is 7.18. The van der Waals surface area contributed by atoms with Crippen LogP contribution in [0, 0.1) is 24.1 Å². The molecule has 0 bridgehead atoms. The summed E-state index contributed by atoms with van der Waals surface area (Å²) in [5.74, 6) is -0.589. The van der Waals surface area contributed by atoms with E-state index in [1.807, 2.05) is 44.2 Å². The highest BCUT2D eigenvalue weighted by atomic mass is 19.1. The number of rotatable bonds is 9. The van der Waals surface area contributed by atoms with E-state index in [9.17, 15) is 9.90 Å². The summed E-state index contributed by atoms with van der Waals surface area (Å²) in [6.45, 7) is 12.1. The third-order valence-electron chi connectivity index (χ3n) is 7.32. The summed E-state index contributed by atoms with van der Waals surface area (Å²) in [6.07, 6.45) is 3.24. The fourth-order valence-corrected chi connectivity index (χ4v) is 5.00. The van der Waals surface area contributed by atoms with Gasteiger partial charge in [-0.05, 0) is 60.4 Å². The molecule has 0 aliphatic carbocycles. The average Bonchev–Trinajstić information content (AvgIpc) is 2.87. The number of nitrogens with one attached hydrogen (secondary N) is 1. The highest BCUT2D eigenvalue weighted by Gasteiger charge is 2.42. The number of nitrogens with two attached hydrogens (primary N) is 1. The molecule has 2 aromatic carbocycles. The molecule has 1 radical (unpaired) electrons. The minimum Gasteiger partial charge on any atom is -0.385 e. The number of piperidine rings is 1. The predicted molar refractivity (Wildman–Crippen MR) is 140 cm³/mol. The van der Waals surface area contributed by atoms with Crippen LogP contribution in [0.2, 0.25) is 0 Å². The van der Waals surface area contributed by atoms with Crippen molar-refractivity contribution in [1.29, 1.82) is 0 Å². The highest BCUT2D eigenvalue weighted by Crippen LogP contribution is 2.44. The lowest BCUT2D eigenvalue weighted by molar-refractivity contribution is -0.0531. The number of aliphatic hydroxyl groups is 1. The molecule has 35 heavy (non-hydrogen) atoms. The number of nitrogens with zero attached hydrogens (tertiary/aromatic N) is 1. The van der Waals surface area contributed by atoms with Crippen LogP contribution in [0.1, 0.15) is 57.6 Å². The number of carbonyl (C=O) groups excluding carboxylic acids is 1. The van der Waals surface area contributed by atoms with Gasteiger partial charge in [-0.1, -0.05) is 70.5 Å². The molecular formula is C29H41FN3O2. The first-order chi connectivity index (χ1) is 16.6. The van der Waals surface area contributed by atoms with Crippen molar-refractivity contribution in [3.05, 3.63) is 66.3 Å². The predicted octanol–water partition coefficient (Wildman–Crippen LogP) is 5.26. The molecular weight excluding hydrogens is 441 g/mol. The van der Waals surface area contributed by atoms with Crippen molar-refractivity contribution < 1.29 is 14.3 Å². The minimum atomic E-state index is -1.31. The summed E-state index contributed by atoms with van der Waals surface area (Å²) in [6, 6.07) is 12.6. The number of urea groups is 1. The molecule has 0 saturated carbocycles. The number of amides is 2. The second-order valence-electron chi connectivity index (χ2n) is 10.6. The number of aryl methyl sites for hydroxylation is 1. The number of hydrogen-bond acceptors (Lipinski definition) is 3. The first kappa shape index (κ1) is 27.2. The standard InChI is InChI=1S/C29H41FN3O2/c1-5-15-29(35,23-12-9-16-33(18-23)27(34)32-20-28(3,4)19-31)24-13-8-14-25(30)26(24)22-11-7-10-21(6-2)17-22/h7-8,10-11,13-14,17,23,35H,1,5-6,9,12,15-16,18-20,31H2,2-4H3,(H,32,34). The Balaban J connectivity index is 1.95. The highest BCUT2D eigenvalue weighted by molar-refractivity contribution is 5.74.